The van der Waals surface area contributed by atoms with Crippen LogP contribution in [-0.2, 0) is 12.7 Å². The number of carbonyl (C=O) groups excluding carboxylic acids is 2. The molecule has 2 bridgehead atoms. The molecule has 0 radical (unpaired) electrons. The van der Waals surface area contributed by atoms with Gasteiger partial charge >= 0.3 is 6.18 Å². The van der Waals surface area contributed by atoms with Gasteiger partial charge in [0.05, 0.1) is 22.5 Å². The van der Waals surface area contributed by atoms with Gasteiger partial charge in [-0.3, -0.25) is 19.4 Å². The first kappa shape index (κ1) is 32.0. The van der Waals surface area contributed by atoms with Gasteiger partial charge in [0.2, 0.25) is 5.89 Å². The first-order chi connectivity index (χ1) is 24.6. The molecule has 2 amide bonds. The zero-order chi connectivity index (χ0) is 35.3. The fourth-order valence-electron chi connectivity index (χ4n) is 7.00. The van der Waals surface area contributed by atoms with Crippen LogP contribution in [0.1, 0.15) is 44.3 Å². The standard InChI is InChI=1S/C38H29F3N6O4/c39-38(40,41)27-5-1-6-28(17-27)43-35(49)23-9-11-32(46-19-22-14-26(21-46)31-7-2-8-34(48)47(31)20-22)29(15-23)44-36(50)24-10-12-33-30(16-24)45-37(51-33)25-4-3-13-42-18-25/h1-13,15-18,22,26H,14,19-21H2,(H,43,49)(H,44,50)/t22-,26+/m1/s1. The molecule has 2 atom stereocenters. The summed E-state index contributed by atoms with van der Waals surface area (Å²) in [5.74, 6) is -0.507. The van der Waals surface area contributed by atoms with Crippen molar-refractivity contribution in [3.8, 4) is 11.5 Å². The van der Waals surface area contributed by atoms with Crippen LogP contribution < -0.4 is 21.1 Å². The van der Waals surface area contributed by atoms with E-state index < -0.39 is 23.6 Å². The van der Waals surface area contributed by atoms with Gasteiger partial charge in [-0.15, -0.1) is 0 Å². The van der Waals surface area contributed by atoms with Crippen LogP contribution in [0.5, 0.6) is 0 Å². The molecule has 256 valence electrons. The quantitative estimate of drug-likeness (QED) is 0.190. The van der Waals surface area contributed by atoms with Crippen molar-refractivity contribution in [2.24, 2.45) is 5.92 Å². The number of nitrogens with zero attached hydrogens (tertiary/aromatic N) is 4. The van der Waals surface area contributed by atoms with Crippen molar-refractivity contribution in [2.75, 3.05) is 28.6 Å². The molecule has 5 heterocycles. The normalized spacial score (nSPS) is 16.8. The molecule has 0 aliphatic carbocycles. The van der Waals surface area contributed by atoms with Gasteiger partial charge in [0, 0.05) is 66.5 Å². The van der Waals surface area contributed by atoms with Crippen LogP contribution >= 0.6 is 0 Å². The Hall–Kier alpha value is -6.24. The minimum atomic E-state index is -4.57. The monoisotopic (exact) mass is 690 g/mol. The number of oxazole rings is 1. The van der Waals surface area contributed by atoms with E-state index in [1.54, 1.807) is 60.9 Å². The van der Waals surface area contributed by atoms with E-state index in [4.69, 9.17) is 4.42 Å². The predicted molar refractivity (Wildman–Crippen MR) is 185 cm³/mol. The van der Waals surface area contributed by atoms with Gasteiger partial charge < -0.3 is 24.5 Å². The summed E-state index contributed by atoms with van der Waals surface area (Å²) in [6, 6.07) is 23.0. The van der Waals surface area contributed by atoms with Crippen molar-refractivity contribution >= 4 is 40.0 Å². The van der Waals surface area contributed by atoms with Crippen LogP contribution in [0.25, 0.3) is 22.6 Å². The van der Waals surface area contributed by atoms with E-state index in [1.165, 1.54) is 18.2 Å². The zero-order valence-corrected chi connectivity index (χ0v) is 26.9. The number of hydrogen-bond acceptors (Lipinski definition) is 7. The van der Waals surface area contributed by atoms with Crippen LogP contribution in [0, 0.1) is 5.92 Å². The van der Waals surface area contributed by atoms with Gasteiger partial charge in [0.1, 0.15) is 5.52 Å². The van der Waals surface area contributed by atoms with Crippen molar-refractivity contribution in [3.63, 3.8) is 0 Å². The van der Waals surface area contributed by atoms with Crippen LogP contribution in [0.4, 0.5) is 30.2 Å². The number of hydrogen-bond donors (Lipinski definition) is 2. The van der Waals surface area contributed by atoms with E-state index in [0.29, 0.717) is 59.1 Å². The number of piperidine rings is 1. The third-order valence-corrected chi connectivity index (χ3v) is 9.33. The number of halogens is 3. The van der Waals surface area contributed by atoms with Crippen LogP contribution in [0.3, 0.4) is 0 Å². The van der Waals surface area contributed by atoms with E-state index in [2.05, 4.69) is 25.5 Å². The highest BCUT2D eigenvalue weighted by Gasteiger charge is 2.36. The lowest BCUT2D eigenvalue weighted by molar-refractivity contribution is -0.137. The smallest absolute Gasteiger partial charge is 0.416 e. The number of nitrogens with one attached hydrogen (secondary N) is 2. The Labute approximate surface area is 288 Å². The molecule has 10 nitrogen and oxygen atoms in total. The largest absolute Gasteiger partial charge is 0.436 e. The summed E-state index contributed by atoms with van der Waals surface area (Å²) in [6.45, 7) is 1.75. The summed E-state index contributed by atoms with van der Waals surface area (Å²) in [5, 5.41) is 5.52. The summed E-state index contributed by atoms with van der Waals surface area (Å²) in [4.78, 5) is 50.6. The van der Waals surface area contributed by atoms with Crippen LogP contribution in [0.2, 0.25) is 0 Å². The zero-order valence-electron chi connectivity index (χ0n) is 26.9. The summed E-state index contributed by atoms with van der Waals surface area (Å²) in [6.07, 6.45) is -0.390. The lowest BCUT2D eigenvalue weighted by atomic mass is 9.83. The molecular weight excluding hydrogens is 661 g/mol. The van der Waals surface area contributed by atoms with Crippen LogP contribution in [0.15, 0.2) is 113 Å². The lowest BCUT2D eigenvalue weighted by Crippen LogP contribution is -2.47. The van der Waals surface area contributed by atoms with E-state index in [0.717, 1.165) is 24.2 Å². The molecule has 0 spiro atoms. The van der Waals surface area contributed by atoms with Gasteiger partial charge in [-0.1, -0.05) is 12.1 Å². The van der Waals surface area contributed by atoms with Crippen LogP contribution in [-0.4, -0.2) is 39.4 Å². The molecular formula is C38H29F3N6O4. The molecule has 8 rings (SSSR count). The minimum Gasteiger partial charge on any atom is -0.436 e. The number of rotatable bonds is 6. The van der Waals surface area contributed by atoms with Crippen molar-refractivity contribution < 1.29 is 27.2 Å². The second kappa shape index (κ2) is 12.6. The molecule has 13 heteroatoms. The highest BCUT2D eigenvalue weighted by molar-refractivity contribution is 6.10. The van der Waals surface area contributed by atoms with E-state index >= 15 is 0 Å². The molecule has 3 aromatic heterocycles. The predicted octanol–water partition coefficient (Wildman–Crippen LogP) is 7.20. The molecule has 0 saturated carbocycles. The van der Waals surface area contributed by atoms with E-state index in [-0.39, 0.29) is 28.6 Å². The molecule has 2 aliphatic rings. The highest BCUT2D eigenvalue weighted by atomic mass is 19.4. The fourth-order valence-corrected chi connectivity index (χ4v) is 7.00. The second-order valence-electron chi connectivity index (χ2n) is 12.8. The summed E-state index contributed by atoms with van der Waals surface area (Å²) < 4.78 is 47.7. The fraction of sp³-hybridized carbons (Fsp3) is 0.184. The molecule has 1 fully saturated rings. The highest BCUT2D eigenvalue weighted by Crippen LogP contribution is 2.40. The average molecular weight is 691 g/mol. The average Bonchev–Trinajstić information content (AvgIpc) is 3.56. The van der Waals surface area contributed by atoms with Gasteiger partial charge in [0.15, 0.2) is 5.58 Å². The topological polar surface area (TPSA) is 122 Å². The Kier molecular flexibility index (Phi) is 7.89. The lowest BCUT2D eigenvalue weighted by Gasteiger charge is -2.44. The molecule has 51 heavy (non-hydrogen) atoms. The van der Waals surface area contributed by atoms with Gasteiger partial charge in [-0.05, 0) is 85.1 Å². The third kappa shape index (κ3) is 6.33. The third-order valence-electron chi connectivity index (χ3n) is 9.33. The number of anilines is 3. The molecule has 1 saturated heterocycles. The molecule has 0 unspecified atom stereocenters. The Morgan fingerprint density at radius 3 is 2.47 bits per heavy atom. The van der Waals surface area contributed by atoms with Crippen molar-refractivity contribution in [1.29, 1.82) is 0 Å². The Morgan fingerprint density at radius 1 is 0.843 bits per heavy atom. The molecule has 2 aliphatic heterocycles. The summed E-state index contributed by atoms with van der Waals surface area (Å²) >= 11 is 0. The van der Waals surface area contributed by atoms with Crippen molar-refractivity contribution in [2.45, 2.75) is 25.1 Å². The Morgan fingerprint density at radius 2 is 1.65 bits per heavy atom. The number of benzene rings is 3. The van der Waals surface area contributed by atoms with Gasteiger partial charge in [0.25, 0.3) is 17.4 Å². The number of amides is 2. The van der Waals surface area contributed by atoms with Crippen molar-refractivity contribution in [3.05, 3.63) is 136 Å². The van der Waals surface area contributed by atoms with Gasteiger partial charge in [-0.25, -0.2) is 4.98 Å². The van der Waals surface area contributed by atoms with Gasteiger partial charge in [-0.2, -0.15) is 13.2 Å². The second-order valence-corrected chi connectivity index (χ2v) is 12.8. The number of carbonyl (C=O) groups is 2. The van der Waals surface area contributed by atoms with E-state index in [9.17, 15) is 27.6 Å². The maximum Gasteiger partial charge on any atom is 0.416 e. The number of aromatic nitrogens is 3. The molecule has 6 aromatic rings. The first-order valence-corrected chi connectivity index (χ1v) is 16.3. The van der Waals surface area contributed by atoms with E-state index in [1.807, 2.05) is 16.7 Å². The minimum absolute atomic E-state index is 0.0196. The maximum atomic E-state index is 13.8. The number of alkyl halides is 3. The maximum absolute atomic E-state index is 13.8. The Bertz CT molecular complexity index is 2370. The summed E-state index contributed by atoms with van der Waals surface area (Å²) in [7, 11) is 0. The molecule has 2 N–H and O–H groups in total. The van der Waals surface area contributed by atoms with Crippen molar-refractivity contribution in [1.82, 2.24) is 14.5 Å². The molecule has 3 aromatic carbocycles. The summed E-state index contributed by atoms with van der Waals surface area (Å²) in [5.41, 5.74) is 3.09. The number of fused-ring (bicyclic) bond motifs is 5. The number of pyridine rings is 2. The Balaban J connectivity index is 1.11. The SMILES string of the molecule is O=C(Nc1cccc(C(F)(F)F)c1)c1ccc(N2C[C@H]3C[C@@H](C2)c2cccc(=O)n2C3)c(NC(=O)c2ccc3oc(-c4cccnc4)nc3c2)c1. The first-order valence-electron chi connectivity index (χ1n) is 16.3.